The fraction of sp³-hybridized carbons (Fsp3) is 0.964. The number of hydrogen-bond donors (Lipinski definition) is 1. The van der Waals surface area contributed by atoms with Crippen LogP contribution in [0.2, 0.25) is 0 Å². The van der Waals surface area contributed by atoms with Gasteiger partial charge in [0.15, 0.2) is 0 Å². The van der Waals surface area contributed by atoms with Crippen LogP contribution in [0.1, 0.15) is 162 Å². The van der Waals surface area contributed by atoms with Crippen molar-refractivity contribution in [2.45, 2.75) is 162 Å². The maximum Gasteiger partial charge on any atom is 0.303 e. The van der Waals surface area contributed by atoms with Crippen molar-refractivity contribution in [3.8, 4) is 0 Å². The lowest BCUT2D eigenvalue weighted by molar-refractivity contribution is -0.138. The maximum atomic E-state index is 11.2. The highest BCUT2D eigenvalue weighted by Gasteiger charge is 2.14. The minimum Gasteiger partial charge on any atom is -0.481 e. The lowest BCUT2D eigenvalue weighted by atomic mass is 9.88. The van der Waals surface area contributed by atoms with Crippen LogP contribution in [0.15, 0.2) is 0 Å². The molecule has 0 fully saturated rings. The molecule has 0 saturated heterocycles. The van der Waals surface area contributed by atoms with Crippen LogP contribution < -0.4 is 0 Å². The number of hydrogen-bond acceptors (Lipinski definition) is 1. The third kappa shape index (κ3) is 20.7. The molecule has 0 aliphatic heterocycles. The second-order valence-corrected chi connectivity index (χ2v) is 9.84. The van der Waals surface area contributed by atoms with Gasteiger partial charge >= 0.3 is 5.97 Å². The van der Waals surface area contributed by atoms with Gasteiger partial charge in [0.2, 0.25) is 0 Å². The molecule has 180 valence electrons. The zero-order valence-electron chi connectivity index (χ0n) is 21.1. The molecule has 1 N–H and O–H groups in total. The van der Waals surface area contributed by atoms with E-state index in [9.17, 15) is 9.90 Å². The fourth-order valence-corrected chi connectivity index (χ4v) is 4.79. The fourth-order valence-electron chi connectivity index (χ4n) is 4.79. The van der Waals surface area contributed by atoms with Gasteiger partial charge in [-0.1, -0.05) is 143 Å². The summed E-state index contributed by atoms with van der Waals surface area (Å²) in [4.78, 5) is 11.2. The van der Waals surface area contributed by atoms with Crippen LogP contribution >= 0.6 is 0 Å². The Morgan fingerprint density at radius 3 is 1.40 bits per heavy atom. The number of carboxylic acids is 1. The van der Waals surface area contributed by atoms with Gasteiger partial charge in [0.05, 0.1) is 0 Å². The molecule has 0 aliphatic rings. The summed E-state index contributed by atoms with van der Waals surface area (Å²) in [5.74, 6) is 0.651. The van der Waals surface area contributed by atoms with E-state index in [0.717, 1.165) is 18.8 Å². The summed E-state index contributed by atoms with van der Waals surface area (Å²) in [6.07, 6.45) is 28.3. The molecule has 2 unspecified atom stereocenters. The zero-order chi connectivity index (χ0) is 22.3. The van der Waals surface area contributed by atoms with Crippen LogP contribution in [0.5, 0.6) is 0 Å². The molecule has 0 bridgehead atoms. The first-order valence-corrected chi connectivity index (χ1v) is 13.9. The van der Waals surface area contributed by atoms with Gasteiger partial charge in [0.25, 0.3) is 0 Å². The molecule has 0 rings (SSSR count). The Morgan fingerprint density at radius 2 is 0.933 bits per heavy atom. The van der Waals surface area contributed by atoms with Gasteiger partial charge in [-0.15, -0.1) is 0 Å². The molecular weight excluding hydrogens is 368 g/mol. The highest BCUT2D eigenvalue weighted by Crippen LogP contribution is 2.25. The predicted octanol–water partition coefficient (Wildman–Crippen LogP) is 9.95. The van der Waals surface area contributed by atoms with E-state index >= 15 is 0 Å². The summed E-state index contributed by atoms with van der Waals surface area (Å²) in [7, 11) is 0. The van der Waals surface area contributed by atoms with Crippen molar-refractivity contribution < 1.29 is 9.90 Å². The zero-order valence-corrected chi connectivity index (χ0v) is 21.1. The lowest BCUT2D eigenvalue weighted by Gasteiger charge is -2.18. The van der Waals surface area contributed by atoms with Gasteiger partial charge < -0.3 is 5.11 Å². The average Bonchev–Trinajstić information content (AvgIpc) is 2.73. The maximum absolute atomic E-state index is 11.2. The molecule has 2 heteroatoms. The summed E-state index contributed by atoms with van der Waals surface area (Å²) < 4.78 is 0. The van der Waals surface area contributed by atoms with E-state index in [4.69, 9.17) is 0 Å². The number of unbranched alkanes of at least 4 members (excludes halogenated alkanes) is 13. The molecular formula is C28H56O2. The highest BCUT2D eigenvalue weighted by atomic mass is 16.4. The summed E-state index contributed by atoms with van der Waals surface area (Å²) in [6, 6.07) is 0. The summed E-state index contributed by atoms with van der Waals surface area (Å²) in [5.41, 5.74) is 0. The number of rotatable bonds is 24. The van der Waals surface area contributed by atoms with Crippen molar-refractivity contribution in [2.24, 2.45) is 11.8 Å². The molecule has 2 nitrogen and oxygen atoms in total. The number of carboxylic acid groups (broad SMARTS) is 1. The van der Waals surface area contributed by atoms with Crippen molar-refractivity contribution in [3.05, 3.63) is 0 Å². The number of aliphatic carboxylic acids is 1. The molecule has 0 radical (unpaired) electrons. The molecule has 2 atom stereocenters. The van der Waals surface area contributed by atoms with E-state index in [-0.39, 0.29) is 0 Å². The van der Waals surface area contributed by atoms with E-state index in [1.54, 1.807) is 0 Å². The van der Waals surface area contributed by atoms with E-state index < -0.39 is 5.97 Å². The van der Waals surface area contributed by atoms with E-state index in [2.05, 4.69) is 20.8 Å². The van der Waals surface area contributed by atoms with Crippen LogP contribution in [-0.4, -0.2) is 11.1 Å². The molecule has 30 heavy (non-hydrogen) atoms. The van der Waals surface area contributed by atoms with Gasteiger partial charge in [-0.25, -0.2) is 0 Å². The van der Waals surface area contributed by atoms with Crippen molar-refractivity contribution >= 4 is 5.97 Å². The Bertz CT molecular complexity index is 353. The van der Waals surface area contributed by atoms with E-state index in [1.165, 1.54) is 122 Å². The van der Waals surface area contributed by atoms with Crippen molar-refractivity contribution in [1.29, 1.82) is 0 Å². The molecule has 0 aromatic carbocycles. The lowest BCUT2D eigenvalue weighted by Crippen LogP contribution is -2.09. The first-order chi connectivity index (χ1) is 14.6. The topological polar surface area (TPSA) is 37.3 Å². The first-order valence-electron chi connectivity index (χ1n) is 13.9. The quantitative estimate of drug-likeness (QED) is 0.156. The monoisotopic (exact) mass is 424 g/mol. The third-order valence-electron chi connectivity index (χ3n) is 6.95. The second-order valence-electron chi connectivity index (χ2n) is 9.84. The average molecular weight is 425 g/mol. The Hall–Kier alpha value is -0.530. The smallest absolute Gasteiger partial charge is 0.303 e. The highest BCUT2D eigenvalue weighted by molar-refractivity contribution is 5.66. The summed E-state index contributed by atoms with van der Waals surface area (Å²) in [5, 5.41) is 9.26. The Labute approximate surface area is 190 Å². The Morgan fingerprint density at radius 1 is 0.533 bits per heavy atom. The summed E-state index contributed by atoms with van der Waals surface area (Å²) in [6.45, 7) is 6.86. The molecule has 0 saturated carbocycles. The van der Waals surface area contributed by atoms with Crippen molar-refractivity contribution in [2.75, 3.05) is 0 Å². The predicted molar refractivity (Wildman–Crippen MR) is 133 cm³/mol. The molecule has 0 spiro atoms. The van der Waals surface area contributed by atoms with Crippen molar-refractivity contribution in [3.63, 3.8) is 0 Å². The standard InChI is InChI=1S/C28H56O2/c1-4-7-9-10-11-12-13-14-15-16-17-18-19-22-27(25-28(29)30)24-20-23-26(6-3)21-8-5-2/h26-27H,4-25H2,1-3H3,(H,29,30). The van der Waals surface area contributed by atoms with E-state index in [0.29, 0.717) is 12.3 Å². The molecule has 0 aromatic heterocycles. The van der Waals surface area contributed by atoms with Crippen LogP contribution in [0.3, 0.4) is 0 Å². The van der Waals surface area contributed by atoms with Gasteiger partial charge in [-0.2, -0.15) is 0 Å². The van der Waals surface area contributed by atoms with Gasteiger partial charge in [-0.3, -0.25) is 4.79 Å². The van der Waals surface area contributed by atoms with Gasteiger partial charge in [-0.05, 0) is 24.7 Å². The molecule has 0 aromatic rings. The molecule has 0 aliphatic carbocycles. The Balaban J connectivity index is 3.69. The second kappa shape index (κ2) is 23.1. The van der Waals surface area contributed by atoms with E-state index in [1.807, 2.05) is 0 Å². The van der Waals surface area contributed by atoms with Crippen LogP contribution in [0.4, 0.5) is 0 Å². The van der Waals surface area contributed by atoms with Crippen molar-refractivity contribution in [1.82, 2.24) is 0 Å². The SMILES string of the molecule is CCCCCCCCCCCCCCCC(CCCC(CC)CCCC)CC(=O)O. The van der Waals surface area contributed by atoms with Gasteiger partial charge in [0.1, 0.15) is 0 Å². The largest absolute Gasteiger partial charge is 0.481 e. The number of carbonyl (C=O) groups is 1. The normalized spacial score (nSPS) is 13.4. The summed E-state index contributed by atoms with van der Waals surface area (Å²) >= 11 is 0. The first kappa shape index (κ1) is 29.5. The molecule has 0 amide bonds. The van der Waals surface area contributed by atoms with Crippen LogP contribution in [-0.2, 0) is 4.79 Å². The van der Waals surface area contributed by atoms with Gasteiger partial charge in [0, 0.05) is 6.42 Å². The minimum absolute atomic E-state index is 0.379. The van der Waals surface area contributed by atoms with Crippen LogP contribution in [0.25, 0.3) is 0 Å². The molecule has 0 heterocycles. The Kier molecular flexibility index (Phi) is 22.7. The van der Waals surface area contributed by atoms with Crippen LogP contribution in [0, 0.1) is 11.8 Å². The minimum atomic E-state index is -0.604. The third-order valence-corrected chi connectivity index (χ3v) is 6.95.